The summed E-state index contributed by atoms with van der Waals surface area (Å²) in [6.07, 6.45) is 3.92. The summed E-state index contributed by atoms with van der Waals surface area (Å²) < 4.78 is 11.0. The van der Waals surface area contributed by atoms with Crippen LogP contribution in [0.2, 0.25) is 0 Å². The summed E-state index contributed by atoms with van der Waals surface area (Å²) in [7, 11) is 0. The Kier molecular flexibility index (Phi) is 3.66. The zero-order valence-corrected chi connectivity index (χ0v) is 10.0. The van der Waals surface area contributed by atoms with Crippen molar-refractivity contribution in [3.8, 4) is 0 Å². The van der Waals surface area contributed by atoms with Gasteiger partial charge in [0, 0.05) is 12.2 Å². The third-order valence-corrected chi connectivity index (χ3v) is 3.22. The van der Waals surface area contributed by atoms with Crippen LogP contribution < -0.4 is 0 Å². The smallest absolute Gasteiger partial charge is 0.106 e. The first-order chi connectivity index (χ1) is 7.66. The first kappa shape index (κ1) is 11.7. The molecule has 0 amide bonds. The highest BCUT2D eigenvalue weighted by Gasteiger charge is 2.19. The lowest BCUT2D eigenvalue weighted by molar-refractivity contribution is 0.0808. The number of furan rings is 1. The van der Waals surface area contributed by atoms with Crippen LogP contribution in [-0.2, 0) is 4.74 Å². The van der Waals surface area contributed by atoms with E-state index in [1.165, 1.54) is 0 Å². The molecule has 1 aliphatic heterocycles. The van der Waals surface area contributed by atoms with Crippen LogP contribution in [0.5, 0.6) is 0 Å². The van der Waals surface area contributed by atoms with Gasteiger partial charge in [-0.2, -0.15) is 0 Å². The van der Waals surface area contributed by atoms with E-state index < -0.39 is 6.10 Å². The van der Waals surface area contributed by atoms with Gasteiger partial charge in [-0.25, -0.2) is 0 Å². The molecule has 2 unspecified atom stereocenters. The third-order valence-electron chi connectivity index (χ3n) is 3.22. The number of rotatable bonds is 4. The second-order valence-corrected chi connectivity index (χ2v) is 4.60. The Morgan fingerprint density at radius 3 is 2.88 bits per heavy atom. The molecule has 0 aromatic carbocycles. The van der Waals surface area contributed by atoms with Crippen molar-refractivity contribution in [1.29, 1.82) is 0 Å². The van der Waals surface area contributed by atoms with Crippen LogP contribution in [0.3, 0.4) is 0 Å². The van der Waals surface area contributed by atoms with Gasteiger partial charge in [-0.1, -0.05) is 0 Å². The van der Waals surface area contributed by atoms with E-state index in [1.54, 1.807) is 0 Å². The Balaban J connectivity index is 1.87. The molecule has 1 N–H and O–H groups in total. The molecule has 0 radical (unpaired) electrons. The lowest BCUT2D eigenvalue weighted by Crippen LogP contribution is -2.08. The molecule has 0 saturated carbocycles. The van der Waals surface area contributed by atoms with Crippen molar-refractivity contribution >= 4 is 0 Å². The predicted molar refractivity (Wildman–Crippen MR) is 61.3 cm³/mol. The Morgan fingerprint density at radius 2 is 2.31 bits per heavy atom. The summed E-state index contributed by atoms with van der Waals surface area (Å²) in [4.78, 5) is 0. The van der Waals surface area contributed by atoms with Crippen LogP contribution in [-0.4, -0.2) is 17.8 Å². The van der Waals surface area contributed by atoms with E-state index in [0.29, 0.717) is 6.10 Å². The second kappa shape index (κ2) is 5.02. The molecule has 0 aliphatic carbocycles. The third kappa shape index (κ3) is 2.66. The fourth-order valence-electron chi connectivity index (χ4n) is 2.35. The fraction of sp³-hybridized carbons (Fsp3) is 0.692. The van der Waals surface area contributed by atoms with Gasteiger partial charge >= 0.3 is 0 Å². The molecule has 0 bridgehead atoms. The second-order valence-electron chi connectivity index (χ2n) is 4.60. The van der Waals surface area contributed by atoms with Crippen LogP contribution in [0.1, 0.15) is 48.9 Å². The summed E-state index contributed by atoms with van der Waals surface area (Å²) in [5.74, 6) is 1.70. The van der Waals surface area contributed by atoms with Gasteiger partial charge in [-0.15, -0.1) is 0 Å². The molecule has 0 spiro atoms. The highest BCUT2D eigenvalue weighted by molar-refractivity contribution is 5.22. The molecule has 1 fully saturated rings. The fourth-order valence-corrected chi connectivity index (χ4v) is 2.35. The van der Waals surface area contributed by atoms with Crippen molar-refractivity contribution in [2.24, 2.45) is 0 Å². The zero-order chi connectivity index (χ0) is 11.5. The molecular formula is C13H20O3. The molecule has 2 atom stereocenters. The van der Waals surface area contributed by atoms with Gasteiger partial charge in [0.25, 0.3) is 0 Å². The van der Waals surface area contributed by atoms with Crippen LogP contribution in [0.4, 0.5) is 0 Å². The maximum atomic E-state index is 10.1. The topological polar surface area (TPSA) is 42.6 Å². The van der Waals surface area contributed by atoms with E-state index in [4.69, 9.17) is 9.15 Å². The largest absolute Gasteiger partial charge is 0.466 e. The van der Waals surface area contributed by atoms with E-state index in [-0.39, 0.29) is 0 Å². The lowest BCUT2D eigenvalue weighted by atomic mass is 10.0. The van der Waals surface area contributed by atoms with E-state index in [1.807, 2.05) is 19.9 Å². The van der Waals surface area contributed by atoms with Crippen LogP contribution in [0, 0.1) is 13.8 Å². The molecule has 1 aromatic rings. The van der Waals surface area contributed by atoms with Crippen LogP contribution in [0.25, 0.3) is 0 Å². The minimum Gasteiger partial charge on any atom is -0.466 e. The minimum atomic E-state index is -0.415. The van der Waals surface area contributed by atoms with E-state index in [9.17, 15) is 5.11 Å². The first-order valence-electron chi connectivity index (χ1n) is 6.03. The van der Waals surface area contributed by atoms with E-state index in [0.717, 1.165) is 49.4 Å². The Labute approximate surface area is 96.4 Å². The van der Waals surface area contributed by atoms with Gasteiger partial charge in [-0.3, -0.25) is 0 Å². The van der Waals surface area contributed by atoms with Crippen molar-refractivity contribution in [2.75, 3.05) is 6.61 Å². The highest BCUT2D eigenvalue weighted by atomic mass is 16.5. The predicted octanol–water partition coefficient (Wildman–Crippen LogP) is 2.89. The van der Waals surface area contributed by atoms with E-state index >= 15 is 0 Å². The molecule has 3 nitrogen and oxygen atoms in total. The minimum absolute atomic E-state index is 0.350. The van der Waals surface area contributed by atoms with E-state index in [2.05, 4.69) is 0 Å². The first-order valence-corrected chi connectivity index (χ1v) is 6.03. The number of aryl methyl sites for hydroxylation is 2. The molecule has 1 aromatic heterocycles. The monoisotopic (exact) mass is 224 g/mol. The Morgan fingerprint density at radius 1 is 1.50 bits per heavy atom. The molecule has 2 heterocycles. The van der Waals surface area contributed by atoms with Crippen molar-refractivity contribution < 1.29 is 14.3 Å². The summed E-state index contributed by atoms with van der Waals surface area (Å²) in [5.41, 5.74) is 0.926. The number of aliphatic hydroxyl groups excluding tert-OH is 1. The average Bonchev–Trinajstić information content (AvgIpc) is 2.84. The maximum absolute atomic E-state index is 10.1. The van der Waals surface area contributed by atoms with Crippen LogP contribution >= 0.6 is 0 Å². The van der Waals surface area contributed by atoms with Gasteiger partial charge in [0.2, 0.25) is 0 Å². The lowest BCUT2D eigenvalue weighted by Gasteiger charge is -2.13. The van der Waals surface area contributed by atoms with Gasteiger partial charge in [0.15, 0.2) is 0 Å². The summed E-state index contributed by atoms with van der Waals surface area (Å²) in [5, 5.41) is 10.1. The number of aliphatic hydroxyl groups is 1. The van der Waals surface area contributed by atoms with Gasteiger partial charge < -0.3 is 14.3 Å². The molecule has 3 heteroatoms. The van der Waals surface area contributed by atoms with Crippen LogP contribution in [0.15, 0.2) is 10.5 Å². The molecule has 2 rings (SSSR count). The molecule has 1 saturated heterocycles. The zero-order valence-electron chi connectivity index (χ0n) is 10.0. The number of hydrogen-bond acceptors (Lipinski definition) is 3. The van der Waals surface area contributed by atoms with Crippen molar-refractivity contribution in [3.05, 3.63) is 23.2 Å². The quantitative estimate of drug-likeness (QED) is 0.855. The van der Waals surface area contributed by atoms with Crippen molar-refractivity contribution in [2.45, 2.75) is 51.7 Å². The van der Waals surface area contributed by atoms with Crippen molar-refractivity contribution in [1.82, 2.24) is 0 Å². The highest BCUT2D eigenvalue weighted by Crippen LogP contribution is 2.27. The summed E-state index contributed by atoms with van der Waals surface area (Å²) >= 11 is 0. The Hall–Kier alpha value is -0.800. The molecular weight excluding hydrogens is 204 g/mol. The van der Waals surface area contributed by atoms with Crippen molar-refractivity contribution in [3.63, 3.8) is 0 Å². The SMILES string of the molecule is Cc1cc(C(O)CCC2CCCO2)c(C)o1. The Bertz CT molecular complexity index is 337. The standard InChI is InChI=1S/C13H20O3/c1-9-8-12(10(2)16-9)13(14)6-5-11-4-3-7-15-11/h8,11,13-14H,3-7H2,1-2H3. The van der Waals surface area contributed by atoms with Gasteiger partial charge in [-0.05, 0) is 45.6 Å². The molecule has 90 valence electrons. The summed E-state index contributed by atoms with van der Waals surface area (Å²) in [6, 6.07) is 1.93. The number of hydrogen-bond donors (Lipinski definition) is 1. The van der Waals surface area contributed by atoms with Gasteiger partial charge in [0.05, 0.1) is 12.2 Å². The van der Waals surface area contributed by atoms with Gasteiger partial charge in [0.1, 0.15) is 11.5 Å². The molecule has 16 heavy (non-hydrogen) atoms. The number of ether oxygens (including phenoxy) is 1. The normalized spacial score (nSPS) is 22.6. The summed E-state index contributed by atoms with van der Waals surface area (Å²) in [6.45, 7) is 4.69. The average molecular weight is 224 g/mol. The molecule has 1 aliphatic rings. The maximum Gasteiger partial charge on any atom is 0.106 e.